The molecule has 39 heavy (non-hydrogen) atoms. The van der Waals surface area contributed by atoms with Crippen molar-refractivity contribution in [1.29, 1.82) is 0 Å². The van der Waals surface area contributed by atoms with Crippen molar-refractivity contribution < 1.29 is 14.6 Å². The van der Waals surface area contributed by atoms with Crippen molar-refractivity contribution >= 4 is 29.7 Å². The van der Waals surface area contributed by atoms with E-state index in [0.717, 1.165) is 67.9 Å². The quantitative estimate of drug-likeness (QED) is 0.363. The van der Waals surface area contributed by atoms with Crippen LogP contribution in [0.15, 0.2) is 84.0 Å². The summed E-state index contributed by atoms with van der Waals surface area (Å²) in [4.78, 5) is 18.8. The summed E-state index contributed by atoms with van der Waals surface area (Å²) in [5, 5.41) is 15.9. The molecule has 3 aromatic rings. The van der Waals surface area contributed by atoms with Gasteiger partial charge in [-0.2, -0.15) is 5.10 Å². The molecular formula is C31H37N5O3. The Balaban J connectivity index is 1.17. The van der Waals surface area contributed by atoms with Crippen LogP contribution in [0.2, 0.25) is 0 Å². The molecule has 0 saturated carbocycles. The monoisotopic (exact) mass is 527 g/mol. The third kappa shape index (κ3) is 6.52. The first-order valence-electron chi connectivity index (χ1n) is 13.7. The van der Waals surface area contributed by atoms with Gasteiger partial charge in [0.2, 0.25) is 0 Å². The van der Waals surface area contributed by atoms with E-state index in [9.17, 15) is 9.90 Å². The molecule has 2 aliphatic rings. The average molecular weight is 528 g/mol. The Bertz CT molecular complexity index is 1210. The van der Waals surface area contributed by atoms with Crippen molar-refractivity contribution in [2.45, 2.75) is 38.6 Å². The number of phenols is 1. The molecule has 1 fully saturated rings. The highest BCUT2D eigenvalue weighted by Crippen LogP contribution is 2.27. The minimum atomic E-state index is -0.496. The molecule has 0 spiro atoms. The first-order valence-corrected chi connectivity index (χ1v) is 13.7. The van der Waals surface area contributed by atoms with Gasteiger partial charge in [0, 0.05) is 43.2 Å². The summed E-state index contributed by atoms with van der Waals surface area (Å²) < 4.78 is 6.22. The Morgan fingerprint density at radius 3 is 2.08 bits per heavy atom. The molecule has 0 bridgehead atoms. The summed E-state index contributed by atoms with van der Waals surface area (Å²) >= 11 is 0. The zero-order valence-corrected chi connectivity index (χ0v) is 22.5. The summed E-state index contributed by atoms with van der Waals surface area (Å²) in [6.45, 7) is 6.90. The first kappa shape index (κ1) is 26.6. The summed E-state index contributed by atoms with van der Waals surface area (Å²) in [6.07, 6.45) is 4.08. The molecule has 8 nitrogen and oxygen atoms in total. The van der Waals surface area contributed by atoms with Crippen molar-refractivity contribution in [1.82, 2.24) is 5.01 Å². The third-order valence-electron chi connectivity index (χ3n) is 7.37. The standard InChI is InChI=1S/C31H37N5O3/c1-2-6-30(39-23-25-7-4-3-5-8-25)21-36-31(22-37)35(24-32-36)28-11-9-26(10-12-28)33-17-19-34(20-18-33)27-13-15-29(38)16-14-27/h3-5,7-16,22,24,30-31,38H,2,6,17-21,23H2,1H3/t30-,31?/m0/s1. The minimum absolute atomic E-state index is 0.0163. The molecule has 1 unspecified atom stereocenters. The van der Waals surface area contributed by atoms with Gasteiger partial charge in [-0.15, -0.1) is 0 Å². The Morgan fingerprint density at radius 2 is 1.49 bits per heavy atom. The number of aldehydes is 1. The van der Waals surface area contributed by atoms with Crippen molar-refractivity contribution in [3.05, 3.63) is 84.4 Å². The van der Waals surface area contributed by atoms with E-state index in [4.69, 9.17) is 4.74 Å². The van der Waals surface area contributed by atoms with E-state index in [2.05, 4.69) is 58.2 Å². The molecule has 2 atom stereocenters. The van der Waals surface area contributed by atoms with Crippen molar-refractivity contribution in [3.63, 3.8) is 0 Å². The van der Waals surface area contributed by atoms with Gasteiger partial charge in [0.15, 0.2) is 12.5 Å². The summed E-state index contributed by atoms with van der Waals surface area (Å²) in [5.41, 5.74) is 4.37. The smallest absolute Gasteiger partial charge is 0.179 e. The maximum Gasteiger partial charge on any atom is 0.179 e. The number of hydrogen-bond donors (Lipinski definition) is 1. The highest BCUT2D eigenvalue weighted by Gasteiger charge is 2.30. The van der Waals surface area contributed by atoms with Gasteiger partial charge in [-0.1, -0.05) is 43.7 Å². The van der Waals surface area contributed by atoms with Crippen LogP contribution in [0.5, 0.6) is 5.75 Å². The number of phenolic OH excluding ortho intramolecular Hbond substituents is 1. The van der Waals surface area contributed by atoms with Gasteiger partial charge in [0.25, 0.3) is 0 Å². The van der Waals surface area contributed by atoms with E-state index in [0.29, 0.717) is 13.2 Å². The lowest BCUT2D eigenvalue weighted by Crippen LogP contribution is -2.46. The van der Waals surface area contributed by atoms with Gasteiger partial charge in [-0.25, -0.2) is 0 Å². The number of carbonyl (C=O) groups excluding carboxylic acids is 1. The normalized spacial score (nSPS) is 18.0. The van der Waals surface area contributed by atoms with E-state index in [1.54, 1.807) is 18.5 Å². The van der Waals surface area contributed by atoms with Crippen LogP contribution in [-0.4, -0.2) is 67.7 Å². The van der Waals surface area contributed by atoms with E-state index in [-0.39, 0.29) is 11.9 Å². The van der Waals surface area contributed by atoms with Crippen molar-refractivity contribution in [3.8, 4) is 5.75 Å². The predicted octanol–water partition coefficient (Wildman–Crippen LogP) is 4.69. The fraction of sp³-hybridized carbons (Fsp3) is 0.355. The highest BCUT2D eigenvalue weighted by atomic mass is 16.5. The van der Waals surface area contributed by atoms with Crippen LogP contribution in [0, 0.1) is 0 Å². The molecule has 0 aliphatic carbocycles. The Labute approximate surface area is 230 Å². The fourth-order valence-electron chi connectivity index (χ4n) is 5.18. The molecule has 1 N–H and O–H groups in total. The zero-order chi connectivity index (χ0) is 27.0. The molecule has 0 aromatic heterocycles. The maximum absolute atomic E-state index is 12.2. The molecule has 204 valence electrons. The number of hydrogen-bond acceptors (Lipinski definition) is 8. The Morgan fingerprint density at radius 1 is 0.897 bits per heavy atom. The number of anilines is 3. The van der Waals surface area contributed by atoms with Crippen LogP contribution < -0.4 is 14.7 Å². The minimum Gasteiger partial charge on any atom is -0.508 e. The van der Waals surface area contributed by atoms with E-state index >= 15 is 0 Å². The second-order valence-corrected chi connectivity index (χ2v) is 10.0. The number of hydrazone groups is 1. The predicted molar refractivity (Wildman–Crippen MR) is 156 cm³/mol. The molecule has 2 heterocycles. The molecule has 2 aliphatic heterocycles. The Hall–Kier alpha value is -4.04. The molecule has 0 radical (unpaired) electrons. The fourth-order valence-corrected chi connectivity index (χ4v) is 5.18. The number of benzene rings is 3. The number of aromatic hydroxyl groups is 1. The lowest BCUT2D eigenvalue weighted by molar-refractivity contribution is -0.112. The van der Waals surface area contributed by atoms with Crippen LogP contribution in [0.1, 0.15) is 25.3 Å². The highest BCUT2D eigenvalue weighted by molar-refractivity contribution is 5.87. The topological polar surface area (TPSA) is 71.8 Å². The molecular weight excluding hydrogens is 490 g/mol. The second-order valence-electron chi connectivity index (χ2n) is 10.0. The lowest BCUT2D eigenvalue weighted by atomic mass is 10.2. The van der Waals surface area contributed by atoms with Crippen LogP contribution in [0.25, 0.3) is 0 Å². The van der Waals surface area contributed by atoms with Crippen LogP contribution in [-0.2, 0) is 16.1 Å². The van der Waals surface area contributed by atoms with Gasteiger partial charge in [-0.3, -0.25) is 9.80 Å². The first-order chi connectivity index (χ1) is 19.1. The van der Waals surface area contributed by atoms with Gasteiger partial charge < -0.3 is 24.5 Å². The SMILES string of the molecule is CCC[C@@H](CN1N=CN(c2ccc(N3CCN(c4ccc(O)cc4)CC3)cc2)C1C=O)OCc1ccccc1. The summed E-state index contributed by atoms with van der Waals surface area (Å²) in [7, 11) is 0. The molecule has 3 aromatic carbocycles. The molecule has 5 rings (SSSR count). The van der Waals surface area contributed by atoms with Crippen LogP contribution in [0.3, 0.4) is 0 Å². The van der Waals surface area contributed by atoms with E-state index in [1.807, 2.05) is 40.2 Å². The van der Waals surface area contributed by atoms with Gasteiger partial charge in [0.1, 0.15) is 12.1 Å². The van der Waals surface area contributed by atoms with Gasteiger partial charge >= 0.3 is 0 Å². The van der Waals surface area contributed by atoms with Crippen LogP contribution >= 0.6 is 0 Å². The number of piperazine rings is 1. The second kappa shape index (κ2) is 12.7. The number of nitrogens with zero attached hydrogens (tertiary/aromatic N) is 5. The largest absolute Gasteiger partial charge is 0.508 e. The maximum atomic E-state index is 12.2. The van der Waals surface area contributed by atoms with Crippen LogP contribution in [0.4, 0.5) is 17.1 Å². The number of ether oxygens (including phenoxy) is 1. The summed E-state index contributed by atoms with van der Waals surface area (Å²) in [6, 6.07) is 25.9. The number of rotatable bonds is 11. The Kier molecular flexibility index (Phi) is 8.63. The third-order valence-corrected chi connectivity index (χ3v) is 7.37. The van der Waals surface area contributed by atoms with E-state index < -0.39 is 6.17 Å². The van der Waals surface area contributed by atoms with Gasteiger partial charge in [0.05, 0.1) is 19.3 Å². The van der Waals surface area contributed by atoms with Crippen molar-refractivity contribution in [2.24, 2.45) is 5.10 Å². The molecule has 1 saturated heterocycles. The van der Waals surface area contributed by atoms with Gasteiger partial charge in [-0.05, 0) is 60.5 Å². The molecule has 8 heteroatoms. The van der Waals surface area contributed by atoms with Crippen molar-refractivity contribution in [2.75, 3.05) is 47.4 Å². The zero-order valence-electron chi connectivity index (χ0n) is 22.5. The molecule has 0 amide bonds. The average Bonchev–Trinajstić information content (AvgIpc) is 3.39. The number of carbonyl (C=O) groups is 1. The summed E-state index contributed by atoms with van der Waals surface area (Å²) in [5.74, 6) is 0.289. The van der Waals surface area contributed by atoms with E-state index in [1.165, 1.54) is 0 Å². The lowest BCUT2D eigenvalue weighted by Gasteiger charge is -2.37.